The van der Waals surface area contributed by atoms with Crippen LogP contribution in [0.5, 0.6) is 0 Å². The summed E-state index contributed by atoms with van der Waals surface area (Å²) in [7, 11) is 0. The number of aromatic nitrogens is 3. The molecule has 1 N–H and O–H groups in total. The van der Waals surface area contributed by atoms with Gasteiger partial charge in [-0.05, 0) is 62.1 Å². The van der Waals surface area contributed by atoms with Crippen molar-refractivity contribution in [3.05, 3.63) is 71.5 Å². The third-order valence-corrected chi connectivity index (χ3v) is 6.32. The molecule has 2 aromatic carbocycles. The van der Waals surface area contributed by atoms with Gasteiger partial charge in [-0.15, -0.1) is 10.2 Å². The van der Waals surface area contributed by atoms with Gasteiger partial charge in [0.15, 0.2) is 10.9 Å². The fraction of sp³-hybridized carbons (Fsp3) is 0.304. The lowest BCUT2D eigenvalue weighted by Crippen LogP contribution is -2.12. The van der Waals surface area contributed by atoms with Crippen LogP contribution < -0.4 is 5.32 Å². The average Bonchev–Trinajstić information content (AvgIpc) is 3.72. The van der Waals surface area contributed by atoms with Gasteiger partial charge < -0.3 is 9.88 Å². The van der Waals surface area contributed by atoms with Crippen LogP contribution in [0.1, 0.15) is 64.2 Å². The first-order valence-electron chi connectivity index (χ1n) is 10.3. The Morgan fingerprint density at radius 2 is 1.67 bits per heavy atom. The van der Waals surface area contributed by atoms with Crippen molar-refractivity contribution < 1.29 is 9.59 Å². The molecule has 0 bridgehead atoms. The molecule has 1 heterocycles. The van der Waals surface area contributed by atoms with Crippen LogP contribution in [-0.2, 0) is 0 Å². The Bertz CT molecular complexity index is 1070. The number of nitrogens with one attached hydrogen (secondary N) is 1. The summed E-state index contributed by atoms with van der Waals surface area (Å²) in [5.74, 6) is 1.86. The highest BCUT2D eigenvalue weighted by Gasteiger charge is 2.36. The van der Waals surface area contributed by atoms with E-state index in [-0.39, 0.29) is 11.7 Å². The summed E-state index contributed by atoms with van der Waals surface area (Å²) in [4.78, 5) is 24.9. The molecule has 6 nitrogen and oxygen atoms in total. The molecule has 2 aliphatic carbocycles. The third-order valence-electron chi connectivity index (χ3n) is 5.38. The number of benzene rings is 2. The zero-order chi connectivity index (χ0) is 20.5. The van der Waals surface area contributed by atoms with E-state index in [0.717, 1.165) is 11.0 Å². The highest BCUT2D eigenvalue weighted by molar-refractivity contribution is 7.99. The fourth-order valence-electron chi connectivity index (χ4n) is 3.43. The molecule has 2 saturated carbocycles. The molecular formula is C23H22N4O2S. The predicted molar refractivity (Wildman–Crippen MR) is 116 cm³/mol. The number of nitrogens with zero attached hydrogens (tertiary/aromatic N) is 3. The van der Waals surface area contributed by atoms with Crippen molar-refractivity contribution >= 4 is 29.1 Å². The van der Waals surface area contributed by atoms with Crippen molar-refractivity contribution in [2.45, 2.75) is 42.8 Å². The van der Waals surface area contributed by atoms with Crippen LogP contribution in [0.15, 0.2) is 59.8 Å². The molecule has 1 aromatic heterocycles. The van der Waals surface area contributed by atoms with Crippen molar-refractivity contribution in [1.29, 1.82) is 0 Å². The first-order chi connectivity index (χ1) is 14.7. The van der Waals surface area contributed by atoms with Crippen LogP contribution in [-0.4, -0.2) is 32.2 Å². The Morgan fingerprint density at radius 3 is 2.33 bits per heavy atom. The minimum absolute atomic E-state index is 0.0410. The van der Waals surface area contributed by atoms with E-state index in [1.54, 1.807) is 36.4 Å². The Labute approximate surface area is 179 Å². The topological polar surface area (TPSA) is 76.9 Å². The summed E-state index contributed by atoms with van der Waals surface area (Å²) in [6, 6.07) is 16.6. The van der Waals surface area contributed by atoms with Gasteiger partial charge >= 0.3 is 0 Å². The lowest BCUT2D eigenvalue weighted by Gasteiger charge is -2.08. The lowest BCUT2D eigenvalue weighted by atomic mass is 10.1. The van der Waals surface area contributed by atoms with Gasteiger partial charge in [0.2, 0.25) is 0 Å². The van der Waals surface area contributed by atoms with Crippen molar-refractivity contribution in [3.8, 4) is 0 Å². The second-order valence-corrected chi connectivity index (χ2v) is 8.77. The molecule has 5 rings (SSSR count). The summed E-state index contributed by atoms with van der Waals surface area (Å²) >= 11 is 1.47. The molecule has 0 radical (unpaired) electrons. The summed E-state index contributed by atoms with van der Waals surface area (Å²) in [6.45, 7) is 0. The number of anilines is 1. The lowest BCUT2D eigenvalue weighted by molar-refractivity contribution is 0.101. The molecule has 152 valence electrons. The third kappa shape index (κ3) is 4.16. The van der Waals surface area contributed by atoms with Crippen LogP contribution in [0.25, 0.3) is 0 Å². The van der Waals surface area contributed by atoms with Crippen LogP contribution in [0, 0.1) is 0 Å². The molecule has 3 aromatic rings. The first kappa shape index (κ1) is 19.1. The number of ketones is 1. The zero-order valence-electron chi connectivity index (χ0n) is 16.5. The van der Waals surface area contributed by atoms with Crippen LogP contribution in [0.2, 0.25) is 0 Å². The molecule has 0 atom stereocenters. The van der Waals surface area contributed by atoms with Gasteiger partial charge in [-0.1, -0.05) is 30.0 Å². The van der Waals surface area contributed by atoms with E-state index in [0.29, 0.717) is 34.5 Å². The Hall–Kier alpha value is -2.93. The van der Waals surface area contributed by atoms with Gasteiger partial charge in [-0.2, -0.15) is 0 Å². The number of carbonyl (C=O) groups excluding carboxylic acids is 2. The molecule has 0 aliphatic heterocycles. The summed E-state index contributed by atoms with van der Waals surface area (Å²) < 4.78 is 2.26. The zero-order valence-corrected chi connectivity index (χ0v) is 17.3. The molecule has 0 saturated heterocycles. The molecule has 2 aliphatic rings. The van der Waals surface area contributed by atoms with E-state index in [4.69, 9.17) is 0 Å². The molecule has 7 heteroatoms. The summed E-state index contributed by atoms with van der Waals surface area (Å²) in [5, 5.41) is 12.5. The maximum Gasteiger partial charge on any atom is 0.255 e. The molecule has 2 fully saturated rings. The normalized spacial score (nSPS) is 15.7. The van der Waals surface area contributed by atoms with Gasteiger partial charge in [0.05, 0.1) is 5.75 Å². The minimum atomic E-state index is -0.170. The number of amides is 1. The van der Waals surface area contributed by atoms with Gasteiger partial charge in [0, 0.05) is 28.8 Å². The van der Waals surface area contributed by atoms with Gasteiger partial charge in [0.25, 0.3) is 5.91 Å². The van der Waals surface area contributed by atoms with E-state index in [9.17, 15) is 9.59 Å². The molecular weight excluding hydrogens is 396 g/mol. The molecule has 30 heavy (non-hydrogen) atoms. The van der Waals surface area contributed by atoms with E-state index < -0.39 is 0 Å². The highest BCUT2D eigenvalue weighted by atomic mass is 32.2. The van der Waals surface area contributed by atoms with Crippen molar-refractivity contribution in [3.63, 3.8) is 0 Å². The predicted octanol–water partition coefficient (Wildman–Crippen LogP) is 4.72. The molecule has 1 amide bonds. The van der Waals surface area contributed by atoms with E-state index in [2.05, 4.69) is 20.1 Å². The minimum Gasteiger partial charge on any atom is -0.322 e. The molecule has 0 unspecified atom stereocenters. The molecule has 0 spiro atoms. The summed E-state index contributed by atoms with van der Waals surface area (Å²) in [5.41, 5.74) is 1.88. The second-order valence-electron chi connectivity index (χ2n) is 7.83. The smallest absolute Gasteiger partial charge is 0.255 e. The summed E-state index contributed by atoms with van der Waals surface area (Å²) in [6.07, 6.45) is 4.74. The van der Waals surface area contributed by atoms with E-state index >= 15 is 0 Å². The second kappa shape index (κ2) is 8.07. The maximum absolute atomic E-state index is 12.7. The highest BCUT2D eigenvalue weighted by Crippen LogP contribution is 2.46. The van der Waals surface area contributed by atoms with Crippen molar-refractivity contribution in [1.82, 2.24) is 14.8 Å². The quantitative estimate of drug-likeness (QED) is 0.423. The number of rotatable bonds is 8. The maximum atomic E-state index is 12.7. The standard InChI is InChI=1S/C23H22N4O2S/c28-20(14-30-23-26-25-21(16-6-7-16)27(23)19-12-13-19)15-8-10-18(11-9-15)24-22(29)17-4-2-1-3-5-17/h1-5,8-11,16,19H,6-7,12-14H2,(H,24,29). The largest absolute Gasteiger partial charge is 0.322 e. The SMILES string of the molecule is O=C(CSc1nnc(C2CC2)n1C1CC1)c1ccc(NC(=O)c2ccccc2)cc1. The number of hydrogen-bond donors (Lipinski definition) is 1. The fourth-order valence-corrected chi connectivity index (χ4v) is 4.34. The number of hydrogen-bond acceptors (Lipinski definition) is 5. The Balaban J connectivity index is 1.20. The van der Waals surface area contributed by atoms with Crippen molar-refractivity contribution in [2.75, 3.05) is 11.1 Å². The Morgan fingerprint density at radius 1 is 0.933 bits per heavy atom. The average molecular weight is 419 g/mol. The number of Topliss-reactive ketones (excluding diaryl/α,β-unsaturated/α-hetero) is 1. The van der Waals surface area contributed by atoms with Crippen LogP contribution >= 0.6 is 11.8 Å². The van der Waals surface area contributed by atoms with Gasteiger partial charge in [-0.3, -0.25) is 9.59 Å². The van der Waals surface area contributed by atoms with Crippen LogP contribution in [0.3, 0.4) is 0 Å². The number of thioether (sulfide) groups is 1. The monoisotopic (exact) mass is 418 g/mol. The van der Waals surface area contributed by atoms with Gasteiger partial charge in [0.1, 0.15) is 5.82 Å². The van der Waals surface area contributed by atoms with Gasteiger partial charge in [-0.25, -0.2) is 0 Å². The van der Waals surface area contributed by atoms with E-state index in [1.165, 1.54) is 37.4 Å². The van der Waals surface area contributed by atoms with E-state index in [1.807, 2.05) is 18.2 Å². The first-order valence-corrected chi connectivity index (χ1v) is 11.2. The number of carbonyl (C=O) groups is 2. The van der Waals surface area contributed by atoms with Crippen LogP contribution in [0.4, 0.5) is 5.69 Å². The Kier molecular flexibility index (Phi) is 5.12. The van der Waals surface area contributed by atoms with Crippen molar-refractivity contribution in [2.24, 2.45) is 0 Å².